The molecule has 0 N–H and O–H groups in total. The van der Waals surface area contributed by atoms with Crippen LogP contribution in [0.5, 0.6) is 5.75 Å². The summed E-state index contributed by atoms with van der Waals surface area (Å²) in [5.41, 5.74) is -0.674. The van der Waals surface area contributed by atoms with Gasteiger partial charge in [-0.25, -0.2) is 9.68 Å². The average molecular weight is 373 g/mol. The highest BCUT2D eigenvalue weighted by Gasteiger charge is 2.41. The first kappa shape index (κ1) is 18.5. The van der Waals surface area contributed by atoms with Gasteiger partial charge in [0.15, 0.2) is 5.75 Å². The second-order valence-electron chi connectivity index (χ2n) is 7.03. The fraction of sp³-hybridized carbons (Fsp3) is 0.400. The molecule has 1 amide bonds. The van der Waals surface area contributed by atoms with Crippen LogP contribution in [0.4, 0.5) is 0 Å². The Balaban J connectivity index is 1.53. The fourth-order valence-electron chi connectivity index (χ4n) is 3.20. The third kappa shape index (κ3) is 4.07. The van der Waals surface area contributed by atoms with E-state index in [1.54, 1.807) is 12.1 Å². The molecule has 2 heterocycles. The number of piperidine rings is 1. The van der Waals surface area contributed by atoms with Gasteiger partial charge in [-0.15, -0.1) is 11.3 Å². The molecule has 0 bridgehead atoms. The Morgan fingerprint density at radius 3 is 2.38 bits per heavy atom. The van der Waals surface area contributed by atoms with Crippen molar-refractivity contribution in [2.75, 3.05) is 13.1 Å². The molecule has 1 fully saturated rings. The predicted molar refractivity (Wildman–Crippen MR) is 99.9 cm³/mol. The number of para-hydroxylation sites is 1. The molecular weight excluding hydrogens is 350 g/mol. The van der Waals surface area contributed by atoms with Gasteiger partial charge >= 0.3 is 5.97 Å². The SMILES string of the molecule is CC(C)(C(=O)OOc1ccccc1)C1CCN(C(=O)c2cccs2)CC1. The number of nitrogens with zero attached hydrogens (tertiary/aromatic N) is 1. The molecule has 0 saturated carbocycles. The predicted octanol–water partition coefficient (Wildman–Crippen LogP) is 4.16. The van der Waals surface area contributed by atoms with Crippen molar-refractivity contribution < 1.29 is 19.4 Å². The van der Waals surface area contributed by atoms with E-state index < -0.39 is 5.41 Å². The summed E-state index contributed by atoms with van der Waals surface area (Å²) in [6.45, 7) is 5.06. The van der Waals surface area contributed by atoms with Crippen LogP contribution in [-0.4, -0.2) is 29.9 Å². The lowest BCUT2D eigenvalue weighted by Crippen LogP contribution is -2.44. The molecule has 1 saturated heterocycles. The highest BCUT2D eigenvalue weighted by atomic mass is 32.1. The number of carbonyl (C=O) groups is 2. The molecule has 0 radical (unpaired) electrons. The van der Waals surface area contributed by atoms with Crippen LogP contribution < -0.4 is 4.89 Å². The molecule has 6 heteroatoms. The van der Waals surface area contributed by atoms with Crippen LogP contribution in [0.3, 0.4) is 0 Å². The Morgan fingerprint density at radius 2 is 1.77 bits per heavy atom. The minimum atomic E-state index is -0.674. The fourth-order valence-corrected chi connectivity index (χ4v) is 3.89. The van der Waals surface area contributed by atoms with Crippen molar-refractivity contribution >= 4 is 23.2 Å². The Labute approximate surface area is 157 Å². The number of amides is 1. The van der Waals surface area contributed by atoms with E-state index >= 15 is 0 Å². The first-order valence-corrected chi connectivity index (χ1v) is 9.63. The lowest BCUT2D eigenvalue weighted by Gasteiger charge is -2.38. The van der Waals surface area contributed by atoms with Gasteiger partial charge in [-0.1, -0.05) is 24.3 Å². The average Bonchev–Trinajstić information content (AvgIpc) is 3.21. The van der Waals surface area contributed by atoms with Gasteiger partial charge in [-0.3, -0.25) is 9.68 Å². The number of carbonyl (C=O) groups excluding carboxylic acids is 2. The van der Waals surface area contributed by atoms with Crippen molar-refractivity contribution in [3.05, 3.63) is 52.7 Å². The lowest BCUT2D eigenvalue weighted by molar-refractivity contribution is -0.227. The number of hydrogen-bond acceptors (Lipinski definition) is 5. The molecule has 26 heavy (non-hydrogen) atoms. The molecule has 3 rings (SSSR count). The van der Waals surface area contributed by atoms with Crippen molar-refractivity contribution in [2.24, 2.45) is 11.3 Å². The van der Waals surface area contributed by atoms with Crippen molar-refractivity contribution in [3.8, 4) is 5.75 Å². The largest absolute Gasteiger partial charge is 0.361 e. The van der Waals surface area contributed by atoms with Gasteiger partial charge in [0.05, 0.1) is 10.3 Å². The van der Waals surface area contributed by atoms with Crippen LogP contribution in [0.1, 0.15) is 36.4 Å². The third-order valence-corrected chi connectivity index (χ3v) is 5.88. The third-order valence-electron chi connectivity index (χ3n) is 5.02. The van der Waals surface area contributed by atoms with Crippen LogP contribution in [0.25, 0.3) is 0 Å². The molecular formula is C20H23NO4S. The van der Waals surface area contributed by atoms with Gasteiger partial charge < -0.3 is 4.90 Å². The van der Waals surface area contributed by atoms with E-state index in [2.05, 4.69) is 0 Å². The smallest absolute Gasteiger partial charge is 0.338 e. The lowest BCUT2D eigenvalue weighted by atomic mass is 9.73. The first-order valence-electron chi connectivity index (χ1n) is 8.75. The van der Waals surface area contributed by atoms with E-state index in [1.165, 1.54) is 11.3 Å². The van der Waals surface area contributed by atoms with Crippen LogP contribution in [0.2, 0.25) is 0 Å². The van der Waals surface area contributed by atoms with E-state index in [0.29, 0.717) is 18.8 Å². The molecule has 0 unspecified atom stereocenters. The summed E-state index contributed by atoms with van der Waals surface area (Å²) in [5.74, 6) is 0.324. The second-order valence-corrected chi connectivity index (χ2v) is 7.98. The maximum atomic E-state index is 12.5. The molecule has 138 valence electrons. The highest BCUT2D eigenvalue weighted by molar-refractivity contribution is 7.12. The van der Waals surface area contributed by atoms with E-state index in [4.69, 9.17) is 9.78 Å². The minimum absolute atomic E-state index is 0.0752. The monoisotopic (exact) mass is 373 g/mol. The van der Waals surface area contributed by atoms with Crippen molar-refractivity contribution in [3.63, 3.8) is 0 Å². The summed E-state index contributed by atoms with van der Waals surface area (Å²) in [5, 5.41) is 1.91. The molecule has 0 spiro atoms. The van der Waals surface area contributed by atoms with E-state index in [-0.39, 0.29) is 17.8 Å². The summed E-state index contributed by atoms with van der Waals surface area (Å²) in [6, 6.07) is 12.7. The summed E-state index contributed by atoms with van der Waals surface area (Å²) in [7, 11) is 0. The van der Waals surface area contributed by atoms with Gasteiger partial charge in [-0.2, -0.15) is 0 Å². The molecule has 2 aromatic rings. The molecule has 0 aliphatic carbocycles. The number of rotatable bonds is 5. The Bertz CT molecular complexity index is 734. The van der Waals surface area contributed by atoms with E-state index in [9.17, 15) is 9.59 Å². The Morgan fingerprint density at radius 1 is 1.08 bits per heavy atom. The van der Waals surface area contributed by atoms with Crippen LogP contribution in [0, 0.1) is 11.3 Å². The Hall–Kier alpha value is -2.34. The van der Waals surface area contributed by atoms with Crippen LogP contribution in [-0.2, 0) is 9.68 Å². The summed E-state index contributed by atoms with van der Waals surface area (Å²) in [4.78, 5) is 37.8. The summed E-state index contributed by atoms with van der Waals surface area (Å²) < 4.78 is 0. The minimum Gasteiger partial charge on any atom is -0.338 e. The van der Waals surface area contributed by atoms with Gasteiger partial charge in [0, 0.05) is 13.1 Å². The van der Waals surface area contributed by atoms with Gasteiger partial charge in [-0.05, 0) is 56.2 Å². The second kappa shape index (κ2) is 7.91. The highest BCUT2D eigenvalue weighted by Crippen LogP contribution is 2.36. The molecule has 1 aliphatic rings. The van der Waals surface area contributed by atoms with Gasteiger partial charge in [0.2, 0.25) is 0 Å². The number of benzene rings is 1. The molecule has 5 nitrogen and oxygen atoms in total. The zero-order valence-electron chi connectivity index (χ0n) is 15.0. The van der Waals surface area contributed by atoms with Gasteiger partial charge in [0.1, 0.15) is 0 Å². The standard InChI is InChI=1S/C20H23NO4S/c1-20(2,19(23)25-24-16-7-4-3-5-8-16)15-10-12-21(13-11-15)18(22)17-9-6-14-26-17/h3-9,14-15H,10-13H2,1-2H3. The number of likely N-dealkylation sites (tertiary alicyclic amines) is 1. The molecule has 1 aromatic carbocycles. The van der Waals surface area contributed by atoms with E-state index in [1.807, 2.05) is 54.5 Å². The maximum Gasteiger partial charge on any atom is 0.361 e. The topological polar surface area (TPSA) is 55.8 Å². The van der Waals surface area contributed by atoms with Crippen molar-refractivity contribution in [2.45, 2.75) is 26.7 Å². The summed E-state index contributed by atoms with van der Waals surface area (Å²) >= 11 is 1.46. The Kier molecular flexibility index (Phi) is 5.61. The number of hydrogen-bond donors (Lipinski definition) is 0. The first-order chi connectivity index (χ1) is 12.5. The van der Waals surface area contributed by atoms with Crippen molar-refractivity contribution in [1.29, 1.82) is 0 Å². The van der Waals surface area contributed by atoms with Crippen LogP contribution in [0.15, 0.2) is 47.8 Å². The molecule has 1 aromatic heterocycles. The molecule has 1 aliphatic heterocycles. The molecule has 0 atom stereocenters. The zero-order chi connectivity index (χ0) is 18.6. The summed E-state index contributed by atoms with van der Waals surface area (Å²) in [6.07, 6.45) is 1.54. The quantitative estimate of drug-likeness (QED) is 0.583. The van der Waals surface area contributed by atoms with Gasteiger partial charge in [0.25, 0.3) is 5.91 Å². The van der Waals surface area contributed by atoms with Crippen molar-refractivity contribution in [1.82, 2.24) is 4.90 Å². The zero-order valence-corrected chi connectivity index (χ0v) is 15.8. The number of thiophene rings is 1. The maximum absolute atomic E-state index is 12.5. The van der Waals surface area contributed by atoms with E-state index in [0.717, 1.165) is 17.7 Å². The normalized spacial score (nSPS) is 15.5. The van der Waals surface area contributed by atoms with Crippen LogP contribution >= 0.6 is 11.3 Å².